The van der Waals surface area contributed by atoms with E-state index in [1.165, 1.54) is 6.07 Å². The Bertz CT molecular complexity index is 851. The number of carbonyl (C=O) groups is 2. The van der Waals surface area contributed by atoms with Crippen LogP contribution in [0, 0.1) is 24.7 Å². The number of piperidine rings is 1. The maximum Gasteiger partial charge on any atom is 0.416 e. The van der Waals surface area contributed by atoms with Gasteiger partial charge in [0.1, 0.15) is 6.61 Å². The Morgan fingerprint density at radius 2 is 1.93 bits per heavy atom. The van der Waals surface area contributed by atoms with Crippen molar-refractivity contribution in [1.82, 2.24) is 10.2 Å². The summed E-state index contributed by atoms with van der Waals surface area (Å²) in [6.45, 7) is 3.07. The summed E-state index contributed by atoms with van der Waals surface area (Å²) in [6, 6.07) is 4.40. The number of alkyl carbamates (subject to hydrolysis) is 1. The monoisotopic (exact) mass is 394 g/mol. The number of likely N-dealkylation sites (tertiary alicyclic amines) is 1. The standard InChI is InChI=1S/C20H21F3N2O3/c1-10-12(3-2-4-15(10)20(21,22)23)16-13-7-25(8-14(13)16)17(26)11-5-19(6-11)9-28-18(27)24-19/h2-4,11,13-14,16H,5-9H2,1H3,(H,24,27)/t11?,13-,14+,16-,19?. The first-order valence-corrected chi connectivity index (χ1v) is 9.59. The number of cyclic esters (lactones) is 1. The van der Waals surface area contributed by atoms with Gasteiger partial charge in [0, 0.05) is 19.0 Å². The second-order valence-electron chi connectivity index (χ2n) is 8.70. The molecule has 1 aromatic carbocycles. The minimum atomic E-state index is -4.34. The first kappa shape index (κ1) is 17.8. The van der Waals surface area contributed by atoms with E-state index in [0.29, 0.717) is 38.1 Å². The number of ether oxygens (including phenoxy) is 1. The van der Waals surface area contributed by atoms with Gasteiger partial charge in [0.25, 0.3) is 0 Å². The van der Waals surface area contributed by atoms with E-state index in [0.717, 1.165) is 11.6 Å². The van der Waals surface area contributed by atoms with Crippen molar-refractivity contribution in [2.24, 2.45) is 17.8 Å². The van der Waals surface area contributed by atoms with Crippen LogP contribution in [0.3, 0.4) is 0 Å². The fraction of sp³-hybridized carbons (Fsp3) is 0.600. The van der Waals surface area contributed by atoms with E-state index in [-0.39, 0.29) is 35.1 Å². The average Bonchev–Trinajstić information content (AvgIpc) is 2.94. The number of halogens is 3. The number of nitrogens with zero attached hydrogens (tertiary/aromatic N) is 1. The van der Waals surface area contributed by atoms with Crippen molar-refractivity contribution in [2.75, 3.05) is 19.7 Å². The van der Waals surface area contributed by atoms with Gasteiger partial charge in [-0.05, 0) is 54.7 Å². The van der Waals surface area contributed by atoms with Crippen LogP contribution < -0.4 is 5.32 Å². The van der Waals surface area contributed by atoms with Crippen molar-refractivity contribution in [3.63, 3.8) is 0 Å². The normalized spacial score (nSPS) is 36.0. The zero-order chi connectivity index (χ0) is 19.8. The van der Waals surface area contributed by atoms with Crippen LogP contribution in [0.5, 0.6) is 0 Å². The van der Waals surface area contributed by atoms with Crippen LogP contribution >= 0.6 is 0 Å². The van der Waals surface area contributed by atoms with Gasteiger partial charge in [-0.15, -0.1) is 0 Å². The topological polar surface area (TPSA) is 58.6 Å². The van der Waals surface area contributed by atoms with Crippen molar-refractivity contribution in [1.29, 1.82) is 0 Å². The van der Waals surface area contributed by atoms with Gasteiger partial charge in [0.15, 0.2) is 0 Å². The molecule has 1 aromatic rings. The summed E-state index contributed by atoms with van der Waals surface area (Å²) in [5, 5.41) is 2.79. The largest absolute Gasteiger partial charge is 0.447 e. The van der Waals surface area contributed by atoms with Crippen LogP contribution in [-0.2, 0) is 15.7 Å². The molecule has 5 nitrogen and oxygen atoms in total. The molecule has 2 aliphatic carbocycles. The molecule has 4 aliphatic rings. The number of alkyl halides is 3. The number of carbonyl (C=O) groups excluding carboxylic acids is 2. The van der Waals surface area contributed by atoms with Gasteiger partial charge < -0.3 is 15.0 Å². The van der Waals surface area contributed by atoms with E-state index in [4.69, 9.17) is 4.74 Å². The molecule has 28 heavy (non-hydrogen) atoms. The molecule has 2 saturated carbocycles. The van der Waals surface area contributed by atoms with Crippen molar-refractivity contribution in [2.45, 2.75) is 37.4 Å². The molecule has 2 aliphatic heterocycles. The molecule has 1 N–H and O–H groups in total. The van der Waals surface area contributed by atoms with Crippen LogP contribution in [-0.4, -0.2) is 42.1 Å². The number of hydrogen-bond acceptors (Lipinski definition) is 3. The Labute approximate surface area is 160 Å². The summed E-state index contributed by atoms with van der Waals surface area (Å²) < 4.78 is 44.4. The summed E-state index contributed by atoms with van der Waals surface area (Å²) >= 11 is 0. The van der Waals surface area contributed by atoms with Crippen molar-refractivity contribution in [3.8, 4) is 0 Å². The number of amides is 2. The second kappa shape index (κ2) is 5.64. The molecular weight excluding hydrogens is 373 g/mol. The summed E-state index contributed by atoms with van der Waals surface area (Å²) in [7, 11) is 0. The van der Waals surface area contributed by atoms with Crippen LogP contribution in [0.2, 0.25) is 0 Å². The van der Waals surface area contributed by atoms with Crippen molar-refractivity contribution < 1.29 is 27.5 Å². The summed E-state index contributed by atoms with van der Waals surface area (Å²) in [5.74, 6) is 0.595. The van der Waals surface area contributed by atoms with Gasteiger partial charge >= 0.3 is 12.3 Å². The summed E-state index contributed by atoms with van der Waals surface area (Å²) in [5.41, 5.74) is 0.136. The number of benzene rings is 1. The van der Waals surface area contributed by atoms with E-state index in [1.807, 2.05) is 4.90 Å². The molecule has 2 heterocycles. The fourth-order valence-corrected chi connectivity index (χ4v) is 5.52. The third-order valence-electron chi connectivity index (χ3n) is 7.02. The van der Waals surface area contributed by atoms with Crippen molar-refractivity contribution >= 4 is 12.0 Å². The molecule has 150 valence electrons. The Morgan fingerprint density at radius 1 is 1.25 bits per heavy atom. The first-order valence-electron chi connectivity index (χ1n) is 9.59. The highest BCUT2D eigenvalue weighted by atomic mass is 19.4. The quantitative estimate of drug-likeness (QED) is 0.839. The number of fused-ring (bicyclic) bond motifs is 1. The molecule has 4 fully saturated rings. The van der Waals surface area contributed by atoms with E-state index in [9.17, 15) is 22.8 Å². The van der Waals surface area contributed by atoms with Crippen molar-refractivity contribution in [3.05, 3.63) is 34.9 Å². The van der Waals surface area contributed by atoms with Gasteiger partial charge in [0.2, 0.25) is 5.91 Å². The second-order valence-corrected chi connectivity index (χ2v) is 8.70. The smallest absolute Gasteiger partial charge is 0.416 e. The SMILES string of the molecule is Cc1c([C@@H]2[C@@H]3CN(C(=O)C4CC5(COC(=O)N5)C4)C[C@@H]32)cccc1C(F)(F)F. The molecule has 8 heteroatoms. The molecule has 1 spiro atoms. The molecule has 0 bridgehead atoms. The number of nitrogens with one attached hydrogen (secondary N) is 1. The van der Waals surface area contributed by atoms with Gasteiger partial charge in [0.05, 0.1) is 11.1 Å². The van der Waals surface area contributed by atoms with Crippen LogP contribution in [0.25, 0.3) is 0 Å². The maximum atomic E-state index is 13.2. The molecule has 2 saturated heterocycles. The van der Waals surface area contributed by atoms with E-state index < -0.39 is 17.8 Å². The lowest BCUT2D eigenvalue weighted by Gasteiger charge is -2.43. The minimum Gasteiger partial charge on any atom is -0.447 e. The van der Waals surface area contributed by atoms with Gasteiger partial charge in [-0.1, -0.05) is 12.1 Å². The van der Waals surface area contributed by atoms with Crippen LogP contribution in [0.15, 0.2) is 18.2 Å². The van der Waals surface area contributed by atoms with E-state index >= 15 is 0 Å². The molecule has 0 radical (unpaired) electrons. The predicted octanol–water partition coefficient (Wildman–Crippen LogP) is 3.07. The average molecular weight is 394 g/mol. The van der Waals surface area contributed by atoms with Gasteiger partial charge in [-0.2, -0.15) is 13.2 Å². The lowest BCUT2D eigenvalue weighted by atomic mass is 9.68. The number of rotatable bonds is 2. The van der Waals surface area contributed by atoms with E-state index in [2.05, 4.69) is 5.32 Å². The van der Waals surface area contributed by atoms with Crippen LogP contribution in [0.4, 0.5) is 18.0 Å². The minimum absolute atomic E-state index is 0.0958. The Hall–Kier alpha value is -2.25. The molecule has 3 atom stereocenters. The molecule has 0 unspecified atom stereocenters. The highest BCUT2D eigenvalue weighted by molar-refractivity contribution is 5.82. The third kappa shape index (κ3) is 2.60. The Kier molecular flexibility index (Phi) is 3.59. The lowest BCUT2D eigenvalue weighted by Crippen LogP contribution is -2.58. The Morgan fingerprint density at radius 3 is 2.50 bits per heavy atom. The molecular formula is C20H21F3N2O3. The summed E-state index contributed by atoms with van der Waals surface area (Å²) in [6.07, 6.45) is -3.57. The first-order chi connectivity index (χ1) is 13.2. The number of hydrogen-bond donors (Lipinski definition) is 1. The predicted molar refractivity (Wildman–Crippen MR) is 92.4 cm³/mol. The zero-order valence-corrected chi connectivity index (χ0v) is 15.4. The van der Waals surface area contributed by atoms with Crippen LogP contribution in [0.1, 0.15) is 35.4 Å². The molecule has 0 aromatic heterocycles. The maximum absolute atomic E-state index is 13.2. The van der Waals surface area contributed by atoms with Gasteiger partial charge in [-0.25, -0.2) is 4.79 Å². The lowest BCUT2D eigenvalue weighted by molar-refractivity contribution is -0.140. The van der Waals surface area contributed by atoms with Gasteiger partial charge in [-0.3, -0.25) is 4.79 Å². The highest BCUT2D eigenvalue weighted by Gasteiger charge is 2.60. The highest BCUT2D eigenvalue weighted by Crippen LogP contribution is 2.60. The molecule has 2 amide bonds. The zero-order valence-electron chi connectivity index (χ0n) is 15.4. The summed E-state index contributed by atoms with van der Waals surface area (Å²) in [4.78, 5) is 25.8. The third-order valence-corrected chi connectivity index (χ3v) is 7.02. The fourth-order valence-electron chi connectivity index (χ4n) is 5.52. The Balaban J connectivity index is 1.21. The van der Waals surface area contributed by atoms with E-state index in [1.54, 1.807) is 13.0 Å². The molecule has 5 rings (SSSR count).